The van der Waals surface area contributed by atoms with Gasteiger partial charge in [0.1, 0.15) is 0 Å². The van der Waals surface area contributed by atoms with Crippen molar-refractivity contribution in [1.82, 2.24) is 9.80 Å². The minimum atomic E-state index is -0.341. The van der Waals surface area contributed by atoms with Gasteiger partial charge in [-0.15, -0.1) is 0 Å². The van der Waals surface area contributed by atoms with Crippen LogP contribution in [0.4, 0.5) is 0 Å². The third-order valence-electron chi connectivity index (χ3n) is 5.24. The summed E-state index contributed by atoms with van der Waals surface area (Å²) in [6.07, 6.45) is 3.83. The Labute approximate surface area is 146 Å². The molecule has 23 heavy (non-hydrogen) atoms. The fourth-order valence-corrected chi connectivity index (χ4v) is 3.93. The zero-order valence-electron chi connectivity index (χ0n) is 13.6. The molecule has 1 aliphatic heterocycles. The molecule has 0 unspecified atom stereocenters. The zero-order chi connectivity index (χ0) is 16.4. The van der Waals surface area contributed by atoms with E-state index in [4.69, 9.17) is 0 Å². The first-order chi connectivity index (χ1) is 11.0. The van der Waals surface area contributed by atoms with Gasteiger partial charge in [-0.2, -0.15) is 0 Å². The molecular formula is C18H23BrN2O2. The van der Waals surface area contributed by atoms with Crippen molar-refractivity contribution in [2.24, 2.45) is 0 Å². The quantitative estimate of drug-likeness (QED) is 0.793. The van der Waals surface area contributed by atoms with Crippen LogP contribution in [0.1, 0.15) is 38.2 Å². The molecule has 4 nitrogen and oxygen atoms in total. The molecular weight excluding hydrogens is 356 g/mol. The van der Waals surface area contributed by atoms with Crippen LogP contribution in [0.2, 0.25) is 0 Å². The van der Waals surface area contributed by atoms with Gasteiger partial charge in [0, 0.05) is 37.6 Å². The molecule has 0 atom stereocenters. The van der Waals surface area contributed by atoms with E-state index in [1.807, 2.05) is 21.9 Å². The van der Waals surface area contributed by atoms with E-state index in [0.717, 1.165) is 48.8 Å². The van der Waals surface area contributed by atoms with Crippen molar-refractivity contribution in [3.63, 3.8) is 0 Å². The highest BCUT2D eigenvalue weighted by atomic mass is 79.9. The van der Waals surface area contributed by atoms with Gasteiger partial charge in [-0.25, -0.2) is 0 Å². The van der Waals surface area contributed by atoms with E-state index in [-0.39, 0.29) is 17.2 Å². The Morgan fingerprint density at radius 3 is 2.13 bits per heavy atom. The third-order valence-corrected chi connectivity index (χ3v) is 5.77. The van der Waals surface area contributed by atoms with E-state index in [9.17, 15) is 9.59 Å². The van der Waals surface area contributed by atoms with E-state index in [0.29, 0.717) is 13.1 Å². The number of hydrogen-bond donors (Lipinski definition) is 0. The molecule has 0 bridgehead atoms. The second-order valence-corrected chi connectivity index (χ2v) is 7.51. The van der Waals surface area contributed by atoms with Crippen LogP contribution in [-0.2, 0) is 15.0 Å². The summed E-state index contributed by atoms with van der Waals surface area (Å²) < 4.78 is 1.04. The maximum absolute atomic E-state index is 13.2. The lowest BCUT2D eigenvalue weighted by Gasteiger charge is -2.44. The number of benzene rings is 1. The number of amides is 2. The average molecular weight is 379 g/mol. The Hall–Kier alpha value is -1.36. The summed E-state index contributed by atoms with van der Waals surface area (Å²) in [6, 6.07) is 8.17. The average Bonchev–Trinajstić information content (AvgIpc) is 2.74. The number of carbonyl (C=O) groups is 2. The Kier molecular flexibility index (Phi) is 4.76. The molecule has 1 saturated carbocycles. The Bertz CT molecular complexity index is 596. The molecule has 0 N–H and O–H groups in total. The fourth-order valence-electron chi connectivity index (χ4n) is 3.66. The molecule has 3 rings (SSSR count). The van der Waals surface area contributed by atoms with Crippen LogP contribution in [-0.4, -0.2) is 47.8 Å². The number of halogens is 1. The van der Waals surface area contributed by atoms with Gasteiger partial charge in [0.05, 0.1) is 5.41 Å². The highest BCUT2D eigenvalue weighted by Gasteiger charge is 2.47. The molecule has 5 heteroatoms. The first-order valence-electron chi connectivity index (χ1n) is 8.34. The van der Waals surface area contributed by atoms with Gasteiger partial charge in [-0.05, 0) is 37.0 Å². The highest BCUT2D eigenvalue weighted by Crippen LogP contribution is 2.45. The van der Waals surface area contributed by atoms with Crippen molar-refractivity contribution in [1.29, 1.82) is 0 Å². The molecule has 1 aromatic carbocycles. The summed E-state index contributed by atoms with van der Waals surface area (Å²) in [5, 5.41) is 0. The van der Waals surface area contributed by atoms with Gasteiger partial charge in [-0.1, -0.05) is 34.5 Å². The lowest BCUT2D eigenvalue weighted by molar-refractivity contribution is -0.141. The van der Waals surface area contributed by atoms with Gasteiger partial charge < -0.3 is 9.80 Å². The molecule has 1 saturated heterocycles. The van der Waals surface area contributed by atoms with Crippen LogP contribution in [0.5, 0.6) is 0 Å². The van der Waals surface area contributed by atoms with E-state index >= 15 is 0 Å². The van der Waals surface area contributed by atoms with Crippen LogP contribution in [0.25, 0.3) is 0 Å². The summed E-state index contributed by atoms with van der Waals surface area (Å²) in [4.78, 5) is 28.6. The minimum Gasteiger partial charge on any atom is -0.341 e. The lowest BCUT2D eigenvalue weighted by Crippen LogP contribution is -2.52. The largest absolute Gasteiger partial charge is 0.341 e. The summed E-state index contributed by atoms with van der Waals surface area (Å²) in [6.45, 7) is 4.41. The van der Waals surface area contributed by atoms with Gasteiger partial charge in [-0.3, -0.25) is 9.59 Å². The number of rotatable bonds is 2. The predicted octanol–water partition coefficient (Wildman–Crippen LogP) is 2.95. The molecule has 1 aromatic rings. The number of carbonyl (C=O) groups excluding carboxylic acids is 2. The van der Waals surface area contributed by atoms with Crippen molar-refractivity contribution in [2.75, 3.05) is 26.2 Å². The first kappa shape index (κ1) is 16.5. The zero-order valence-corrected chi connectivity index (χ0v) is 15.1. The van der Waals surface area contributed by atoms with E-state index < -0.39 is 0 Å². The first-order valence-corrected chi connectivity index (χ1v) is 9.13. The number of nitrogens with zero attached hydrogens (tertiary/aromatic N) is 2. The smallest absolute Gasteiger partial charge is 0.233 e. The Morgan fingerprint density at radius 2 is 1.57 bits per heavy atom. The molecule has 2 amide bonds. The van der Waals surface area contributed by atoms with Crippen molar-refractivity contribution in [3.05, 3.63) is 34.3 Å². The molecule has 2 aliphatic rings. The second-order valence-electron chi connectivity index (χ2n) is 6.59. The van der Waals surface area contributed by atoms with Crippen LogP contribution in [0, 0.1) is 0 Å². The van der Waals surface area contributed by atoms with Gasteiger partial charge >= 0.3 is 0 Å². The monoisotopic (exact) mass is 378 g/mol. The fraction of sp³-hybridized carbons (Fsp3) is 0.556. The topological polar surface area (TPSA) is 40.6 Å². The third kappa shape index (κ3) is 3.16. The molecule has 0 spiro atoms. The highest BCUT2D eigenvalue weighted by molar-refractivity contribution is 9.10. The molecule has 124 valence electrons. The number of hydrogen-bond acceptors (Lipinski definition) is 2. The van der Waals surface area contributed by atoms with E-state index in [1.54, 1.807) is 6.92 Å². The minimum absolute atomic E-state index is 0.102. The van der Waals surface area contributed by atoms with E-state index in [2.05, 4.69) is 28.1 Å². The van der Waals surface area contributed by atoms with Crippen LogP contribution >= 0.6 is 15.9 Å². The van der Waals surface area contributed by atoms with Gasteiger partial charge in [0.25, 0.3) is 0 Å². The maximum Gasteiger partial charge on any atom is 0.233 e. The van der Waals surface area contributed by atoms with Crippen molar-refractivity contribution < 1.29 is 9.59 Å². The summed E-state index contributed by atoms with van der Waals surface area (Å²) in [5.74, 6) is 0.349. The van der Waals surface area contributed by atoms with E-state index in [1.165, 1.54) is 0 Å². The Morgan fingerprint density at radius 1 is 0.957 bits per heavy atom. The van der Waals surface area contributed by atoms with Gasteiger partial charge in [0.15, 0.2) is 0 Å². The van der Waals surface area contributed by atoms with Crippen molar-refractivity contribution in [3.8, 4) is 0 Å². The molecule has 1 heterocycles. The Balaban J connectivity index is 1.77. The summed E-state index contributed by atoms with van der Waals surface area (Å²) in [7, 11) is 0. The predicted molar refractivity (Wildman–Crippen MR) is 93.1 cm³/mol. The van der Waals surface area contributed by atoms with Crippen LogP contribution in [0.15, 0.2) is 28.7 Å². The normalized spacial score (nSPS) is 20.6. The van der Waals surface area contributed by atoms with Crippen LogP contribution < -0.4 is 0 Å². The van der Waals surface area contributed by atoms with Gasteiger partial charge in [0.2, 0.25) is 11.8 Å². The molecule has 2 fully saturated rings. The summed E-state index contributed by atoms with van der Waals surface area (Å²) in [5.41, 5.74) is 0.788. The van der Waals surface area contributed by atoms with Crippen molar-refractivity contribution >= 4 is 27.7 Å². The van der Waals surface area contributed by atoms with Crippen molar-refractivity contribution in [2.45, 2.75) is 38.0 Å². The lowest BCUT2D eigenvalue weighted by atomic mass is 9.63. The molecule has 1 aliphatic carbocycles. The summed E-state index contributed by atoms with van der Waals surface area (Å²) >= 11 is 3.46. The maximum atomic E-state index is 13.2. The van der Waals surface area contributed by atoms with Crippen LogP contribution in [0.3, 0.4) is 0 Å². The standard InChI is InChI=1S/C18H23BrN2O2/c1-14(22)20-10-3-11-21(13-12-20)17(23)18(8-2-9-18)15-4-6-16(19)7-5-15/h4-7H,2-3,8-13H2,1H3. The SMILES string of the molecule is CC(=O)N1CCCN(C(=O)C2(c3ccc(Br)cc3)CCC2)CC1. The molecule has 0 aromatic heterocycles. The second kappa shape index (κ2) is 6.63. The molecule has 0 radical (unpaired) electrons.